The zero-order valence-electron chi connectivity index (χ0n) is 23.3. The summed E-state index contributed by atoms with van der Waals surface area (Å²) in [6.07, 6.45) is 2.36. The van der Waals surface area contributed by atoms with E-state index in [1.165, 1.54) is 30.5 Å². The van der Waals surface area contributed by atoms with Crippen LogP contribution in [-0.2, 0) is 30.4 Å². The van der Waals surface area contributed by atoms with Crippen LogP contribution >= 0.6 is 0 Å². The molecule has 0 aliphatic carbocycles. The first-order valence-electron chi connectivity index (χ1n) is 12.6. The predicted octanol–water partition coefficient (Wildman–Crippen LogP) is 1.27. The average molecular weight is 720 g/mol. The van der Waals surface area contributed by atoms with Crippen molar-refractivity contribution in [3.8, 4) is 11.7 Å². The van der Waals surface area contributed by atoms with Gasteiger partial charge in [-0.3, -0.25) is 13.7 Å². The van der Waals surface area contributed by atoms with E-state index in [0.29, 0.717) is 18.2 Å². The number of pyridine rings is 1. The fraction of sp³-hybridized carbons (Fsp3) is 0. The molecule has 248 valence electrons. The molecule has 0 aliphatic rings. The number of fused-ring (bicyclic) bond motifs is 1. The second kappa shape index (κ2) is 12.1. The average Bonchev–Trinajstić information content (AvgIpc) is 2.98. The maximum Gasteiger partial charge on any atom is 0.446 e. The van der Waals surface area contributed by atoms with Crippen molar-refractivity contribution < 1.29 is 58.5 Å². The fourth-order valence-electron chi connectivity index (χ4n) is 4.25. The molecule has 23 heteroatoms. The first-order valence-corrected chi connectivity index (χ1v) is 16.9. The maximum absolute atomic E-state index is 13.8. The smallest absolute Gasteiger partial charge is 0.446 e. The molecule has 0 radical (unpaired) electrons. The zero-order chi connectivity index (χ0) is 35.2. The second-order valence-electron chi connectivity index (χ2n) is 9.45. The summed E-state index contributed by atoms with van der Waals surface area (Å²) in [6, 6.07) is 9.02. The van der Waals surface area contributed by atoms with E-state index >= 15 is 0 Å². The summed E-state index contributed by atoms with van der Waals surface area (Å²) in [5, 5.41) is 31.6. The van der Waals surface area contributed by atoms with Gasteiger partial charge in [0.15, 0.2) is 0 Å². The van der Waals surface area contributed by atoms with E-state index in [4.69, 9.17) is 0 Å². The highest BCUT2D eigenvalue weighted by atomic mass is 32.2. The standard InChI is InChI=1S/C25H17N7O13S3/c33-21-19-13(9-18(48(43,44)45)20(21)31-30-15-5-1-2-6-17(15)47(40,41)42)8-14(46(37,38)39)10-16(19)26-23-27-24(29-25(36)28-23)32-7-3-4-12(11-32)22(34)35/h1-11H,(H6-,26,27,28,29,30,33,34,35,36,37,38,39,40,41,42,43,44,45). The quantitative estimate of drug-likeness (QED) is 0.0709. The largest absolute Gasteiger partial charge is 0.870 e. The number of carboxylic acid groups (broad SMARTS) is 1. The van der Waals surface area contributed by atoms with Crippen LogP contribution in [0.2, 0.25) is 0 Å². The Balaban J connectivity index is 1.76. The number of hydrogen-bond acceptors (Lipinski definition) is 14. The Hall–Kier alpha value is -5.72. The summed E-state index contributed by atoms with van der Waals surface area (Å²) in [6.45, 7) is 0. The highest BCUT2D eigenvalue weighted by molar-refractivity contribution is 7.86. The van der Waals surface area contributed by atoms with E-state index in [1.54, 1.807) is 0 Å². The molecule has 0 unspecified atom stereocenters. The molecule has 2 aromatic heterocycles. The van der Waals surface area contributed by atoms with E-state index in [1.807, 2.05) is 0 Å². The van der Waals surface area contributed by atoms with Crippen molar-refractivity contribution in [3.05, 3.63) is 83.0 Å². The van der Waals surface area contributed by atoms with Crippen molar-refractivity contribution >= 4 is 70.1 Å². The minimum atomic E-state index is -5.33. The van der Waals surface area contributed by atoms with Crippen LogP contribution < -0.4 is 20.7 Å². The van der Waals surface area contributed by atoms with Crippen molar-refractivity contribution in [3.63, 3.8) is 0 Å². The summed E-state index contributed by atoms with van der Waals surface area (Å²) in [5.41, 5.74) is -3.46. The molecule has 0 spiro atoms. The lowest BCUT2D eigenvalue weighted by molar-refractivity contribution is -0.603. The number of carboxylic acids is 1. The van der Waals surface area contributed by atoms with E-state index in [0.717, 1.165) is 22.9 Å². The summed E-state index contributed by atoms with van der Waals surface area (Å²) < 4.78 is 103. The van der Waals surface area contributed by atoms with E-state index in [9.17, 15) is 58.7 Å². The Bertz CT molecular complexity index is 2590. The summed E-state index contributed by atoms with van der Waals surface area (Å²) >= 11 is 0. The van der Waals surface area contributed by atoms with Gasteiger partial charge in [0.25, 0.3) is 36.3 Å². The van der Waals surface area contributed by atoms with Gasteiger partial charge in [0.2, 0.25) is 0 Å². The monoisotopic (exact) mass is 719 g/mol. The molecule has 0 saturated heterocycles. The SMILES string of the molecule is O=C(O)c1ccc[n+](-c2nc(Nc3cc(S(=O)(=O)O)cc4cc(S(=O)(=O)O)c(N=Nc5ccccc5S(=O)(=O)O)c([O-])c34)[nH]c(=O)n2)c1. The molecule has 5 aromatic rings. The van der Waals surface area contributed by atoms with Crippen LogP contribution in [-0.4, -0.2) is 64.9 Å². The third kappa shape index (κ3) is 6.99. The molecule has 6 N–H and O–H groups in total. The van der Waals surface area contributed by atoms with Gasteiger partial charge in [-0.15, -0.1) is 10.2 Å². The molecule has 5 rings (SSSR count). The van der Waals surface area contributed by atoms with E-state index in [-0.39, 0.29) is 5.56 Å². The van der Waals surface area contributed by atoms with Crippen LogP contribution in [0.1, 0.15) is 10.4 Å². The van der Waals surface area contributed by atoms with Crippen LogP contribution in [0.15, 0.2) is 96.7 Å². The van der Waals surface area contributed by atoms with Crippen LogP contribution in [0, 0.1) is 0 Å². The molecule has 20 nitrogen and oxygen atoms in total. The number of aromatic amines is 1. The van der Waals surface area contributed by atoms with Gasteiger partial charge >= 0.3 is 17.6 Å². The molecule has 0 bridgehead atoms. The summed E-state index contributed by atoms with van der Waals surface area (Å²) in [4.78, 5) is 30.8. The molecule has 0 saturated carbocycles. The number of aromatic carboxylic acids is 1. The van der Waals surface area contributed by atoms with Gasteiger partial charge in [0, 0.05) is 0 Å². The van der Waals surface area contributed by atoms with Crippen molar-refractivity contribution in [1.29, 1.82) is 0 Å². The normalized spacial score (nSPS) is 12.4. The zero-order valence-corrected chi connectivity index (χ0v) is 25.7. The Labute approximate surface area is 268 Å². The number of anilines is 2. The number of carbonyl (C=O) groups is 1. The number of aromatic nitrogens is 4. The number of nitrogens with one attached hydrogen (secondary N) is 2. The van der Waals surface area contributed by atoms with Crippen LogP contribution in [0.3, 0.4) is 0 Å². The number of rotatable bonds is 9. The topological polar surface area (TPSA) is 323 Å². The van der Waals surface area contributed by atoms with Gasteiger partial charge in [0.05, 0.1) is 34.2 Å². The number of H-pyrrole nitrogens is 1. The van der Waals surface area contributed by atoms with Gasteiger partial charge in [-0.2, -0.15) is 25.3 Å². The van der Waals surface area contributed by atoms with Crippen molar-refractivity contribution in [2.75, 3.05) is 5.32 Å². The Morgan fingerprint density at radius 2 is 1.56 bits per heavy atom. The van der Waals surface area contributed by atoms with Gasteiger partial charge in [-0.25, -0.2) is 19.1 Å². The van der Waals surface area contributed by atoms with Gasteiger partial charge in [-0.1, -0.05) is 17.9 Å². The lowest BCUT2D eigenvalue weighted by atomic mass is 10.1. The third-order valence-corrected chi connectivity index (χ3v) is 8.85. The number of azo groups is 1. The van der Waals surface area contributed by atoms with Crippen LogP contribution in [0.25, 0.3) is 16.7 Å². The van der Waals surface area contributed by atoms with Crippen LogP contribution in [0.4, 0.5) is 23.0 Å². The minimum Gasteiger partial charge on any atom is -0.870 e. The first-order chi connectivity index (χ1) is 22.3. The number of nitrogens with zero attached hydrogens (tertiary/aromatic N) is 5. The highest BCUT2D eigenvalue weighted by Crippen LogP contribution is 2.44. The molecule has 0 fully saturated rings. The van der Waals surface area contributed by atoms with Gasteiger partial charge in [-0.05, 0) is 63.2 Å². The van der Waals surface area contributed by atoms with Gasteiger partial charge in [0.1, 0.15) is 15.5 Å². The summed E-state index contributed by atoms with van der Waals surface area (Å²) in [7, 11) is -15.3. The molecule has 0 aliphatic heterocycles. The lowest BCUT2D eigenvalue weighted by Crippen LogP contribution is -2.36. The summed E-state index contributed by atoms with van der Waals surface area (Å²) in [5.74, 6) is -3.58. The Morgan fingerprint density at radius 3 is 2.21 bits per heavy atom. The molecule has 48 heavy (non-hydrogen) atoms. The molecule has 0 atom stereocenters. The van der Waals surface area contributed by atoms with Crippen molar-refractivity contribution in [1.82, 2.24) is 15.0 Å². The maximum atomic E-state index is 13.8. The molecule has 3 aromatic carbocycles. The molecule has 0 amide bonds. The third-order valence-electron chi connectivity index (χ3n) is 6.25. The number of hydrogen-bond donors (Lipinski definition) is 6. The van der Waals surface area contributed by atoms with E-state index in [2.05, 4.69) is 30.5 Å². The fourth-order valence-corrected chi connectivity index (χ4v) is 6.07. The Morgan fingerprint density at radius 1 is 0.875 bits per heavy atom. The second-order valence-corrected chi connectivity index (χ2v) is 13.6. The van der Waals surface area contributed by atoms with Crippen LogP contribution in [0.5, 0.6) is 5.75 Å². The first kappa shape index (κ1) is 33.6. The van der Waals surface area contributed by atoms with E-state index < -0.39 is 102 Å². The predicted molar refractivity (Wildman–Crippen MR) is 158 cm³/mol. The Kier molecular flexibility index (Phi) is 8.51. The molecule has 2 heterocycles. The van der Waals surface area contributed by atoms with Crippen molar-refractivity contribution in [2.24, 2.45) is 10.2 Å². The van der Waals surface area contributed by atoms with Gasteiger partial charge < -0.3 is 15.5 Å². The lowest BCUT2D eigenvalue weighted by Gasteiger charge is -2.20. The number of benzene rings is 3. The molecular weight excluding hydrogens is 703 g/mol. The van der Waals surface area contributed by atoms with Crippen molar-refractivity contribution in [2.45, 2.75) is 14.7 Å². The highest BCUT2D eigenvalue weighted by Gasteiger charge is 2.24. The molecular formula is C25H17N7O13S3. The minimum absolute atomic E-state index is 0.214.